The zero-order valence-electron chi connectivity index (χ0n) is 18.5. The van der Waals surface area contributed by atoms with Crippen molar-refractivity contribution in [3.63, 3.8) is 0 Å². The van der Waals surface area contributed by atoms with Crippen LogP contribution in [-0.4, -0.2) is 43.7 Å². The number of aliphatic carboxylic acids is 1. The summed E-state index contributed by atoms with van der Waals surface area (Å²) in [5, 5.41) is 12.7. The van der Waals surface area contributed by atoms with Gasteiger partial charge < -0.3 is 24.2 Å². The van der Waals surface area contributed by atoms with Gasteiger partial charge in [-0.2, -0.15) is 0 Å². The van der Waals surface area contributed by atoms with Gasteiger partial charge in [-0.1, -0.05) is 59.8 Å². The Bertz CT molecular complexity index is 1020. The highest BCUT2D eigenvalue weighted by atomic mass is 16.6. The molecule has 0 fully saturated rings. The third-order valence-corrected chi connectivity index (χ3v) is 4.67. The predicted molar refractivity (Wildman–Crippen MR) is 125 cm³/mol. The third-order valence-electron chi connectivity index (χ3n) is 4.67. The molecule has 0 saturated heterocycles. The smallest absolute Gasteiger partial charge is 0.329 e. The van der Waals surface area contributed by atoms with Crippen LogP contribution in [0.5, 0.6) is 5.75 Å². The summed E-state index contributed by atoms with van der Waals surface area (Å²) in [6.45, 7) is 0.649. The lowest BCUT2D eigenvalue weighted by Crippen LogP contribution is -2.10. The van der Waals surface area contributed by atoms with Gasteiger partial charge in [0.2, 0.25) is 0 Å². The Labute approximate surface area is 193 Å². The zero-order chi connectivity index (χ0) is 23.3. The second-order valence-electron chi connectivity index (χ2n) is 7.15. The molecule has 1 N–H and O–H groups in total. The monoisotopic (exact) mass is 449 g/mol. The molecule has 0 saturated carbocycles. The van der Waals surface area contributed by atoms with E-state index in [9.17, 15) is 4.79 Å². The molecule has 0 unspecified atom stereocenters. The summed E-state index contributed by atoms with van der Waals surface area (Å²) < 4.78 is 16.9. The molecule has 2 aromatic carbocycles. The topological polar surface area (TPSA) is 86.6 Å². The summed E-state index contributed by atoms with van der Waals surface area (Å²) >= 11 is 0. The Morgan fingerprint density at radius 3 is 2.45 bits per heavy atom. The molecule has 0 bridgehead atoms. The SMILES string of the molecule is CO/N=C(/COC1=CCC=C(COc2ccc(COCC(=O)O)cc2)C=C1)c1ccccc1. The summed E-state index contributed by atoms with van der Waals surface area (Å²) in [4.78, 5) is 15.5. The fourth-order valence-corrected chi connectivity index (χ4v) is 3.03. The summed E-state index contributed by atoms with van der Waals surface area (Å²) in [7, 11) is 1.52. The molecule has 7 nitrogen and oxygen atoms in total. The van der Waals surface area contributed by atoms with Crippen molar-refractivity contribution in [3.8, 4) is 5.75 Å². The minimum atomic E-state index is -0.984. The maximum atomic E-state index is 10.5. The molecule has 172 valence electrons. The van der Waals surface area contributed by atoms with Crippen LogP contribution in [0.2, 0.25) is 0 Å². The number of carboxylic acids is 1. The zero-order valence-corrected chi connectivity index (χ0v) is 18.5. The van der Waals surface area contributed by atoms with Crippen LogP contribution in [0.4, 0.5) is 0 Å². The van der Waals surface area contributed by atoms with Crippen LogP contribution in [0.3, 0.4) is 0 Å². The molecule has 3 rings (SSSR count). The average Bonchev–Trinajstić information content (AvgIpc) is 3.07. The molecule has 1 aliphatic carbocycles. The molecule has 1 aliphatic rings. The third kappa shape index (κ3) is 8.31. The first-order valence-corrected chi connectivity index (χ1v) is 10.5. The number of oxime groups is 1. The van der Waals surface area contributed by atoms with Crippen molar-refractivity contribution in [1.82, 2.24) is 0 Å². The number of hydrogen-bond donors (Lipinski definition) is 1. The highest BCUT2D eigenvalue weighted by molar-refractivity contribution is 6.01. The number of carbonyl (C=O) groups is 1. The lowest BCUT2D eigenvalue weighted by molar-refractivity contribution is -0.142. The Balaban J connectivity index is 1.47. The van der Waals surface area contributed by atoms with Crippen molar-refractivity contribution in [2.24, 2.45) is 5.16 Å². The fourth-order valence-electron chi connectivity index (χ4n) is 3.03. The number of hydrogen-bond acceptors (Lipinski definition) is 6. The minimum Gasteiger partial charge on any atom is -0.489 e. The van der Waals surface area contributed by atoms with Crippen LogP contribution in [0, 0.1) is 0 Å². The molecule has 0 amide bonds. The molecule has 0 spiro atoms. The van der Waals surface area contributed by atoms with Gasteiger partial charge in [0.15, 0.2) is 0 Å². The van der Waals surface area contributed by atoms with Crippen LogP contribution in [0.15, 0.2) is 95.4 Å². The van der Waals surface area contributed by atoms with Crippen LogP contribution in [-0.2, 0) is 25.7 Å². The first kappa shape index (κ1) is 23.8. The van der Waals surface area contributed by atoms with Crippen LogP contribution in [0.1, 0.15) is 17.5 Å². The van der Waals surface area contributed by atoms with E-state index >= 15 is 0 Å². The molecule has 0 radical (unpaired) electrons. The van der Waals surface area contributed by atoms with Crippen molar-refractivity contribution in [2.75, 3.05) is 26.9 Å². The van der Waals surface area contributed by atoms with Gasteiger partial charge in [-0.15, -0.1) is 0 Å². The van der Waals surface area contributed by atoms with E-state index in [1.165, 1.54) is 7.11 Å². The molecule has 0 aliphatic heterocycles. The summed E-state index contributed by atoms with van der Waals surface area (Å²) in [6, 6.07) is 17.2. The van der Waals surface area contributed by atoms with Crippen molar-refractivity contribution in [2.45, 2.75) is 13.0 Å². The maximum absolute atomic E-state index is 10.5. The highest BCUT2D eigenvalue weighted by Crippen LogP contribution is 2.17. The summed E-state index contributed by atoms with van der Waals surface area (Å²) in [5.41, 5.74) is 3.58. The van der Waals surface area contributed by atoms with E-state index in [2.05, 4.69) is 11.2 Å². The van der Waals surface area contributed by atoms with Gasteiger partial charge in [-0.25, -0.2) is 4.79 Å². The Kier molecular flexibility index (Phi) is 9.29. The number of rotatable bonds is 12. The van der Waals surface area contributed by atoms with E-state index < -0.39 is 5.97 Å². The molecular weight excluding hydrogens is 422 g/mol. The predicted octanol–water partition coefficient (Wildman–Crippen LogP) is 4.50. The molecule has 0 heterocycles. The second kappa shape index (κ2) is 12.9. The number of ether oxygens (including phenoxy) is 3. The number of allylic oxidation sites excluding steroid dienone is 3. The molecule has 0 aromatic heterocycles. The number of carboxylic acid groups (broad SMARTS) is 1. The summed E-state index contributed by atoms with van der Waals surface area (Å²) in [5.74, 6) is 0.498. The van der Waals surface area contributed by atoms with E-state index in [0.29, 0.717) is 18.9 Å². The average molecular weight is 450 g/mol. The van der Waals surface area contributed by atoms with Crippen molar-refractivity contribution >= 4 is 11.7 Å². The van der Waals surface area contributed by atoms with Gasteiger partial charge in [0, 0.05) is 5.56 Å². The number of benzene rings is 2. The largest absolute Gasteiger partial charge is 0.489 e. The normalized spacial score (nSPS) is 13.5. The first-order valence-electron chi connectivity index (χ1n) is 10.5. The lowest BCUT2D eigenvalue weighted by atomic mass is 10.1. The standard InChI is InChI=1S/C26H27NO6/c1-30-27-25(22-7-3-2-4-8-22)18-33-23-9-5-6-20(10-13-23)17-32-24-14-11-21(12-15-24)16-31-19-26(28)29/h2-4,6-15H,5,16-19H2,1H3,(H,28,29)/b27-25-. The molecule has 2 aromatic rings. The first-order chi connectivity index (χ1) is 16.1. The highest BCUT2D eigenvalue weighted by Gasteiger charge is 2.08. The Morgan fingerprint density at radius 2 is 1.73 bits per heavy atom. The molecular formula is C26H27NO6. The summed E-state index contributed by atoms with van der Waals surface area (Å²) in [6.07, 6.45) is 8.71. The van der Waals surface area contributed by atoms with Crippen LogP contribution in [0.25, 0.3) is 0 Å². The van der Waals surface area contributed by atoms with Gasteiger partial charge in [0.25, 0.3) is 0 Å². The van der Waals surface area contributed by atoms with E-state index in [1.54, 1.807) is 0 Å². The molecule has 0 atom stereocenters. The fraction of sp³-hybridized carbons (Fsp3) is 0.231. The van der Waals surface area contributed by atoms with Gasteiger partial charge in [-0.05, 0) is 41.8 Å². The second-order valence-corrected chi connectivity index (χ2v) is 7.15. The minimum absolute atomic E-state index is 0.246. The van der Waals surface area contributed by atoms with E-state index in [1.807, 2.05) is 72.8 Å². The Morgan fingerprint density at radius 1 is 0.939 bits per heavy atom. The van der Waals surface area contributed by atoms with Crippen molar-refractivity contribution in [3.05, 3.63) is 101 Å². The van der Waals surface area contributed by atoms with Gasteiger partial charge in [0.1, 0.15) is 44.2 Å². The quantitative estimate of drug-likeness (QED) is 0.379. The van der Waals surface area contributed by atoms with Gasteiger partial charge >= 0.3 is 5.97 Å². The maximum Gasteiger partial charge on any atom is 0.329 e. The van der Waals surface area contributed by atoms with E-state index in [4.69, 9.17) is 24.2 Å². The number of nitrogens with zero attached hydrogens (tertiary/aromatic N) is 1. The van der Waals surface area contributed by atoms with Crippen LogP contribution < -0.4 is 4.74 Å². The van der Waals surface area contributed by atoms with E-state index in [0.717, 1.165) is 34.6 Å². The molecule has 7 heteroatoms. The van der Waals surface area contributed by atoms with Crippen molar-refractivity contribution in [1.29, 1.82) is 0 Å². The van der Waals surface area contributed by atoms with Gasteiger partial charge in [0.05, 0.1) is 6.61 Å². The van der Waals surface area contributed by atoms with Crippen molar-refractivity contribution < 1.29 is 28.9 Å². The van der Waals surface area contributed by atoms with Gasteiger partial charge in [-0.3, -0.25) is 0 Å². The van der Waals surface area contributed by atoms with E-state index in [-0.39, 0.29) is 13.2 Å². The lowest BCUT2D eigenvalue weighted by Gasteiger charge is -2.09. The Hall–Kier alpha value is -3.84. The molecule has 33 heavy (non-hydrogen) atoms. The van der Waals surface area contributed by atoms with Crippen LogP contribution >= 0.6 is 0 Å².